The number of fused-ring (bicyclic) bond motifs is 1. The highest BCUT2D eigenvalue weighted by atomic mass is 16.5. The number of morpholine rings is 1. The summed E-state index contributed by atoms with van der Waals surface area (Å²) >= 11 is 0. The Morgan fingerprint density at radius 2 is 2.27 bits per heavy atom. The summed E-state index contributed by atoms with van der Waals surface area (Å²) in [6.07, 6.45) is 4.46. The standard InChI is InChI=1S/C17H23N5O4/c1-24-10-14-18-15(26-21-14)8-11-9-22(6-7-25-11)17(23)16-12-4-2-3-5-13(12)19-20-16/h11H,2-10H2,1H3,(H,19,20)/t11-/m0/s1. The van der Waals surface area contributed by atoms with E-state index < -0.39 is 0 Å². The number of nitrogens with one attached hydrogen (secondary N) is 1. The van der Waals surface area contributed by atoms with Crippen LogP contribution in [0.4, 0.5) is 0 Å². The molecule has 0 bridgehead atoms. The van der Waals surface area contributed by atoms with Gasteiger partial charge in [0.25, 0.3) is 5.91 Å². The van der Waals surface area contributed by atoms with E-state index in [1.54, 1.807) is 7.11 Å². The Hall–Kier alpha value is -2.26. The molecule has 2 aromatic rings. The van der Waals surface area contributed by atoms with Crippen molar-refractivity contribution in [1.82, 2.24) is 25.2 Å². The number of methoxy groups -OCH3 is 1. The number of hydrogen-bond acceptors (Lipinski definition) is 7. The molecule has 1 saturated heterocycles. The molecule has 1 fully saturated rings. The van der Waals surface area contributed by atoms with E-state index in [0.29, 0.717) is 50.1 Å². The highest BCUT2D eigenvalue weighted by Gasteiger charge is 2.30. The molecule has 1 atom stereocenters. The van der Waals surface area contributed by atoms with Crippen LogP contribution in [-0.4, -0.2) is 64.1 Å². The fraction of sp³-hybridized carbons (Fsp3) is 0.647. The van der Waals surface area contributed by atoms with Gasteiger partial charge in [0, 0.05) is 31.5 Å². The normalized spacial score (nSPS) is 20.2. The average molecular weight is 361 g/mol. The minimum Gasteiger partial charge on any atom is -0.377 e. The second kappa shape index (κ2) is 7.55. The Labute approximate surface area is 151 Å². The molecule has 9 nitrogen and oxygen atoms in total. The van der Waals surface area contributed by atoms with Crippen molar-refractivity contribution in [2.45, 2.75) is 44.8 Å². The summed E-state index contributed by atoms with van der Waals surface area (Å²) < 4.78 is 16.0. The quantitative estimate of drug-likeness (QED) is 0.843. The van der Waals surface area contributed by atoms with E-state index in [1.807, 2.05) is 4.90 Å². The van der Waals surface area contributed by atoms with Gasteiger partial charge in [-0.2, -0.15) is 10.1 Å². The van der Waals surface area contributed by atoms with Gasteiger partial charge >= 0.3 is 0 Å². The summed E-state index contributed by atoms with van der Waals surface area (Å²) in [6.45, 7) is 1.85. The van der Waals surface area contributed by atoms with Gasteiger partial charge in [0.2, 0.25) is 5.89 Å². The molecule has 4 rings (SSSR count). The second-order valence-corrected chi connectivity index (χ2v) is 6.72. The van der Waals surface area contributed by atoms with Crippen LogP contribution in [0, 0.1) is 0 Å². The van der Waals surface area contributed by atoms with Gasteiger partial charge < -0.3 is 18.9 Å². The van der Waals surface area contributed by atoms with Crippen molar-refractivity contribution < 1.29 is 18.8 Å². The molecule has 140 valence electrons. The third-order valence-corrected chi connectivity index (χ3v) is 4.87. The second-order valence-electron chi connectivity index (χ2n) is 6.72. The number of aromatic nitrogens is 4. The Morgan fingerprint density at radius 1 is 1.38 bits per heavy atom. The molecule has 0 spiro atoms. The molecule has 1 aliphatic heterocycles. The average Bonchev–Trinajstić information content (AvgIpc) is 3.28. The summed E-state index contributed by atoms with van der Waals surface area (Å²) in [7, 11) is 1.58. The van der Waals surface area contributed by atoms with Crippen molar-refractivity contribution >= 4 is 5.91 Å². The summed E-state index contributed by atoms with van der Waals surface area (Å²) in [6, 6.07) is 0. The van der Waals surface area contributed by atoms with E-state index in [0.717, 1.165) is 36.9 Å². The van der Waals surface area contributed by atoms with E-state index in [2.05, 4.69) is 20.3 Å². The third-order valence-electron chi connectivity index (χ3n) is 4.87. The number of nitrogens with zero attached hydrogens (tertiary/aromatic N) is 4. The number of hydrogen-bond donors (Lipinski definition) is 1. The molecule has 0 saturated carbocycles. The van der Waals surface area contributed by atoms with Gasteiger partial charge in [0.1, 0.15) is 6.61 Å². The van der Waals surface area contributed by atoms with E-state index >= 15 is 0 Å². The van der Waals surface area contributed by atoms with Crippen molar-refractivity contribution in [2.24, 2.45) is 0 Å². The summed E-state index contributed by atoms with van der Waals surface area (Å²) in [5.41, 5.74) is 2.77. The third kappa shape index (κ3) is 3.49. The van der Waals surface area contributed by atoms with Crippen molar-refractivity contribution in [3.8, 4) is 0 Å². The first-order chi connectivity index (χ1) is 12.7. The number of carbonyl (C=O) groups excluding carboxylic acids is 1. The van der Waals surface area contributed by atoms with Gasteiger partial charge in [-0.25, -0.2) is 0 Å². The Kier molecular flexibility index (Phi) is 4.98. The van der Waals surface area contributed by atoms with Gasteiger partial charge in [0.05, 0.1) is 19.1 Å². The molecule has 9 heteroatoms. The number of carbonyl (C=O) groups is 1. The van der Waals surface area contributed by atoms with Crippen molar-refractivity contribution in [1.29, 1.82) is 0 Å². The van der Waals surface area contributed by atoms with Crippen LogP contribution >= 0.6 is 0 Å². The maximum atomic E-state index is 12.9. The number of amides is 1. The Bertz CT molecular complexity index is 771. The predicted octanol–water partition coefficient (Wildman–Crippen LogP) is 0.902. The number of ether oxygens (including phenoxy) is 2. The van der Waals surface area contributed by atoms with Crippen LogP contribution in [0.5, 0.6) is 0 Å². The molecular formula is C17H23N5O4. The lowest BCUT2D eigenvalue weighted by atomic mass is 9.95. The molecule has 2 aliphatic rings. The molecule has 0 unspecified atom stereocenters. The Morgan fingerprint density at radius 3 is 3.15 bits per heavy atom. The lowest BCUT2D eigenvalue weighted by Crippen LogP contribution is -2.46. The summed E-state index contributed by atoms with van der Waals surface area (Å²) in [5, 5.41) is 11.2. The number of aromatic amines is 1. The van der Waals surface area contributed by atoms with Crippen LogP contribution in [-0.2, 0) is 35.3 Å². The summed E-state index contributed by atoms with van der Waals surface area (Å²) in [4.78, 5) is 19.0. The fourth-order valence-electron chi connectivity index (χ4n) is 3.59. The first kappa shape index (κ1) is 17.2. The largest absolute Gasteiger partial charge is 0.377 e. The number of H-pyrrole nitrogens is 1. The highest BCUT2D eigenvalue weighted by Crippen LogP contribution is 2.24. The molecule has 26 heavy (non-hydrogen) atoms. The van der Waals surface area contributed by atoms with Gasteiger partial charge in [0.15, 0.2) is 11.5 Å². The Balaban J connectivity index is 1.41. The van der Waals surface area contributed by atoms with Gasteiger partial charge in [-0.3, -0.25) is 9.89 Å². The van der Waals surface area contributed by atoms with Crippen LogP contribution in [0.15, 0.2) is 4.52 Å². The predicted molar refractivity (Wildman–Crippen MR) is 89.6 cm³/mol. The topological polar surface area (TPSA) is 106 Å². The lowest BCUT2D eigenvalue weighted by molar-refractivity contribution is -0.0239. The first-order valence-corrected chi connectivity index (χ1v) is 9.02. The first-order valence-electron chi connectivity index (χ1n) is 9.02. The monoisotopic (exact) mass is 361 g/mol. The van der Waals surface area contributed by atoms with Crippen molar-refractivity contribution in [2.75, 3.05) is 26.8 Å². The molecule has 0 radical (unpaired) electrons. The zero-order valence-corrected chi connectivity index (χ0v) is 14.9. The van der Waals surface area contributed by atoms with E-state index in [9.17, 15) is 4.79 Å². The molecule has 1 aliphatic carbocycles. The van der Waals surface area contributed by atoms with Crippen LogP contribution in [0.25, 0.3) is 0 Å². The van der Waals surface area contributed by atoms with Crippen molar-refractivity contribution in [3.05, 3.63) is 28.7 Å². The minimum atomic E-state index is -0.168. The molecule has 1 N–H and O–H groups in total. The maximum Gasteiger partial charge on any atom is 0.274 e. The SMILES string of the molecule is COCc1noc(C[C@H]2CN(C(=O)c3n[nH]c4c3CCCC4)CCO2)n1. The number of rotatable bonds is 5. The molecule has 0 aromatic carbocycles. The number of aryl methyl sites for hydroxylation is 1. The van der Waals surface area contributed by atoms with E-state index in [1.165, 1.54) is 0 Å². The van der Waals surface area contributed by atoms with Gasteiger partial charge in [-0.15, -0.1) is 0 Å². The van der Waals surface area contributed by atoms with Crippen LogP contribution in [0.3, 0.4) is 0 Å². The zero-order valence-electron chi connectivity index (χ0n) is 14.9. The molecular weight excluding hydrogens is 338 g/mol. The molecule has 1 amide bonds. The molecule has 2 aromatic heterocycles. The van der Waals surface area contributed by atoms with E-state index in [-0.39, 0.29) is 12.0 Å². The smallest absolute Gasteiger partial charge is 0.274 e. The fourth-order valence-corrected chi connectivity index (χ4v) is 3.59. The zero-order chi connectivity index (χ0) is 17.9. The highest BCUT2D eigenvalue weighted by molar-refractivity contribution is 5.94. The van der Waals surface area contributed by atoms with Gasteiger partial charge in [-0.05, 0) is 25.7 Å². The van der Waals surface area contributed by atoms with Crippen molar-refractivity contribution in [3.63, 3.8) is 0 Å². The minimum absolute atomic E-state index is 0.0247. The molecule has 3 heterocycles. The van der Waals surface area contributed by atoms with E-state index in [4.69, 9.17) is 14.0 Å². The van der Waals surface area contributed by atoms with Crippen LogP contribution < -0.4 is 0 Å². The van der Waals surface area contributed by atoms with Gasteiger partial charge in [-0.1, -0.05) is 5.16 Å². The lowest BCUT2D eigenvalue weighted by Gasteiger charge is -2.32. The van der Waals surface area contributed by atoms with Crippen LogP contribution in [0.1, 0.15) is 46.3 Å². The maximum absolute atomic E-state index is 12.9. The van der Waals surface area contributed by atoms with Crippen LogP contribution in [0.2, 0.25) is 0 Å². The summed E-state index contributed by atoms with van der Waals surface area (Å²) in [5.74, 6) is 0.978.